The van der Waals surface area contributed by atoms with Crippen LogP contribution in [0.5, 0.6) is 0 Å². The summed E-state index contributed by atoms with van der Waals surface area (Å²) in [5, 5.41) is 23.1. The third-order valence-corrected chi connectivity index (χ3v) is 5.14. The van der Waals surface area contributed by atoms with E-state index in [1.54, 1.807) is 54.6 Å². The second kappa shape index (κ2) is 8.21. The number of benzene rings is 3. The van der Waals surface area contributed by atoms with E-state index in [9.17, 15) is 14.9 Å². The topological polar surface area (TPSA) is 116 Å². The van der Waals surface area contributed by atoms with Gasteiger partial charge in [-0.25, -0.2) is 0 Å². The highest BCUT2D eigenvalue weighted by molar-refractivity contribution is 6.30. The molecule has 9 nitrogen and oxygen atoms in total. The van der Waals surface area contributed by atoms with Crippen molar-refractivity contribution in [3.05, 3.63) is 99.8 Å². The normalized spacial score (nSPS) is 10.9. The minimum atomic E-state index is -0.477. The fourth-order valence-electron chi connectivity index (χ4n) is 3.24. The summed E-state index contributed by atoms with van der Waals surface area (Å²) in [5.41, 5.74) is 3.17. The van der Waals surface area contributed by atoms with Gasteiger partial charge < -0.3 is 9.73 Å². The Morgan fingerprint density at radius 3 is 2.39 bits per heavy atom. The number of carbonyl (C=O) groups is 1. The molecule has 5 rings (SSSR count). The van der Waals surface area contributed by atoms with Gasteiger partial charge in [0.15, 0.2) is 5.76 Å². The van der Waals surface area contributed by atoms with E-state index in [2.05, 4.69) is 15.5 Å². The zero-order valence-electron chi connectivity index (χ0n) is 16.8. The van der Waals surface area contributed by atoms with Crippen LogP contribution in [-0.2, 0) is 0 Å². The Labute approximate surface area is 191 Å². The van der Waals surface area contributed by atoms with Crippen LogP contribution in [0.25, 0.3) is 28.0 Å². The van der Waals surface area contributed by atoms with Crippen molar-refractivity contribution in [2.24, 2.45) is 0 Å². The van der Waals surface area contributed by atoms with Crippen molar-refractivity contribution >= 4 is 39.9 Å². The lowest BCUT2D eigenvalue weighted by molar-refractivity contribution is -0.384. The average Bonchev–Trinajstić information content (AvgIpc) is 3.47. The fraction of sp³-hybridized carbons (Fsp3) is 0. The maximum absolute atomic E-state index is 12.6. The van der Waals surface area contributed by atoms with Gasteiger partial charge in [0.25, 0.3) is 11.6 Å². The van der Waals surface area contributed by atoms with Crippen LogP contribution >= 0.6 is 11.6 Å². The lowest BCUT2D eigenvalue weighted by Crippen LogP contribution is -2.10. The molecule has 0 atom stereocenters. The molecule has 0 aliphatic rings. The number of halogens is 1. The molecule has 5 aromatic rings. The predicted molar refractivity (Wildman–Crippen MR) is 123 cm³/mol. The highest BCUT2D eigenvalue weighted by Gasteiger charge is 2.15. The summed E-state index contributed by atoms with van der Waals surface area (Å²) < 4.78 is 5.64. The molecule has 1 amide bonds. The number of fused-ring (bicyclic) bond motifs is 1. The number of carbonyl (C=O) groups excluding carboxylic acids is 1. The molecule has 0 bridgehead atoms. The lowest BCUT2D eigenvalue weighted by atomic mass is 10.1. The monoisotopic (exact) mass is 459 g/mol. The molecule has 0 unspecified atom stereocenters. The van der Waals surface area contributed by atoms with Gasteiger partial charge in [0.2, 0.25) is 0 Å². The van der Waals surface area contributed by atoms with Crippen LogP contribution in [0.3, 0.4) is 0 Å². The second-order valence-corrected chi connectivity index (χ2v) is 7.53. The van der Waals surface area contributed by atoms with Gasteiger partial charge in [0.05, 0.1) is 10.6 Å². The molecule has 0 aliphatic heterocycles. The average molecular weight is 460 g/mol. The number of nitrogens with zero attached hydrogens (tertiary/aromatic N) is 4. The molecule has 0 saturated carbocycles. The number of anilines is 1. The first-order valence-corrected chi connectivity index (χ1v) is 10.1. The number of hydrogen-bond acceptors (Lipinski definition) is 6. The summed E-state index contributed by atoms with van der Waals surface area (Å²) >= 11 is 5.93. The van der Waals surface area contributed by atoms with E-state index in [1.807, 2.05) is 12.1 Å². The first-order valence-electron chi connectivity index (χ1n) is 9.75. The van der Waals surface area contributed by atoms with Gasteiger partial charge in [-0.2, -0.15) is 4.80 Å². The van der Waals surface area contributed by atoms with Crippen molar-refractivity contribution < 1.29 is 14.1 Å². The van der Waals surface area contributed by atoms with Gasteiger partial charge in [-0.05, 0) is 66.7 Å². The number of hydrogen-bond donors (Lipinski definition) is 1. The molecule has 0 fully saturated rings. The van der Waals surface area contributed by atoms with Gasteiger partial charge in [-0.3, -0.25) is 14.9 Å². The third-order valence-electron chi connectivity index (χ3n) is 4.89. The SMILES string of the molecule is O=C(Nc1ccc2nn(-c3ccc(Cl)cc3)nc2c1)c1ccc(-c2ccc([N+](=O)[O-])cc2)o1. The zero-order chi connectivity index (χ0) is 22.9. The molecule has 10 heteroatoms. The largest absolute Gasteiger partial charge is 0.451 e. The zero-order valence-corrected chi connectivity index (χ0v) is 17.6. The van der Waals surface area contributed by atoms with E-state index in [0.717, 1.165) is 5.69 Å². The van der Waals surface area contributed by atoms with Gasteiger partial charge in [-0.1, -0.05) is 11.6 Å². The standard InChI is InChI=1S/C23H14ClN5O4/c24-15-3-8-17(9-4-15)28-26-19-10-5-16(13-20(19)27-28)25-23(30)22-12-11-21(33-22)14-1-6-18(7-2-14)29(31)32/h1-13H,(H,25,30). The van der Waals surface area contributed by atoms with Gasteiger partial charge in [-0.15, -0.1) is 10.2 Å². The van der Waals surface area contributed by atoms with Gasteiger partial charge >= 0.3 is 0 Å². The number of non-ortho nitro benzene ring substituents is 1. The quantitative estimate of drug-likeness (QED) is 0.274. The second-order valence-electron chi connectivity index (χ2n) is 7.09. The van der Waals surface area contributed by atoms with Crippen LogP contribution < -0.4 is 5.32 Å². The number of aromatic nitrogens is 3. The van der Waals surface area contributed by atoms with E-state index < -0.39 is 10.8 Å². The number of nitro benzene ring substituents is 1. The van der Waals surface area contributed by atoms with Crippen molar-refractivity contribution in [2.45, 2.75) is 0 Å². The molecule has 0 saturated heterocycles. The molecule has 1 N–H and O–H groups in total. The lowest BCUT2D eigenvalue weighted by Gasteiger charge is -2.02. The molecular weight excluding hydrogens is 446 g/mol. The molecule has 0 radical (unpaired) electrons. The van der Waals surface area contributed by atoms with Gasteiger partial charge in [0, 0.05) is 28.4 Å². The molecular formula is C23H14ClN5O4. The molecule has 2 aromatic heterocycles. The molecule has 2 heterocycles. The highest BCUT2D eigenvalue weighted by atomic mass is 35.5. The van der Waals surface area contributed by atoms with Crippen molar-refractivity contribution in [3.63, 3.8) is 0 Å². The Kier molecular flexibility index (Phi) is 5.08. The van der Waals surface area contributed by atoms with Crippen molar-refractivity contribution in [2.75, 3.05) is 5.32 Å². The summed E-state index contributed by atoms with van der Waals surface area (Å²) in [5.74, 6) is 0.0947. The van der Waals surface area contributed by atoms with Crippen LogP contribution in [0.1, 0.15) is 10.6 Å². The van der Waals surface area contributed by atoms with Crippen LogP contribution in [0.4, 0.5) is 11.4 Å². The number of amides is 1. The van der Waals surface area contributed by atoms with Crippen LogP contribution in [0.15, 0.2) is 83.3 Å². The van der Waals surface area contributed by atoms with Crippen molar-refractivity contribution in [1.82, 2.24) is 15.0 Å². The molecule has 0 aliphatic carbocycles. The smallest absolute Gasteiger partial charge is 0.291 e. The van der Waals surface area contributed by atoms with E-state index in [4.69, 9.17) is 16.0 Å². The summed E-state index contributed by atoms with van der Waals surface area (Å²) in [7, 11) is 0. The Bertz CT molecular complexity index is 1490. The van der Waals surface area contributed by atoms with E-state index in [-0.39, 0.29) is 11.4 Å². The first-order chi connectivity index (χ1) is 16.0. The van der Waals surface area contributed by atoms with Crippen LogP contribution in [0.2, 0.25) is 5.02 Å². The number of nitro groups is 1. The molecule has 3 aromatic carbocycles. The number of nitrogens with one attached hydrogen (secondary N) is 1. The van der Waals surface area contributed by atoms with E-state index >= 15 is 0 Å². The molecule has 162 valence electrons. The van der Waals surface area contributed by atoms with E-state index in [0.29, 0.717) is 33.1 Å². The Balaban J connectivity index is 1.33. The maximum atomic E-state index is 12.6. The summed E-state index contributed by atoms with van der Waals surface area (Å²) in [4.78, 5) is 24.5. The highest BCUT2D eigenvalue weighted by Crippen LogP contribution is 2.25. The minimum Gasteiger partial charge on any atom is -0.451 e. The van der Waals surface area contributed by atoms with Crippen molar-refractivity contribution in [1.29, 1.82) is 0 Å². The Hall–Kier alpha value is -4.50. The molecule has 33 heavy (non-hydrogen) atoms. The summed E-state index contributed by atoms with van der Waals surface area (Å²) in [6, 6.07) is 21.4. The van der Waals surface area contributed by atoms with E-state index in [1.165, 1.54) is 16.9 Å². The predicted octanol–water partition coefficient (Wildman–Crippen LogP) is 5.49. The summed E-state index contributed by atoms with van der Waals surface area (Å²) in [6.45, 7) is 0. The van der Waals surface area contributed by atoms with Crippen LogP contribution in [-0.4, -0.2) is 25.8 Å². The van der Waals surface area contributed by atoms with Crippen LogP contribution in [0, 0.1) is 10.1 Å². The minimum absolute atomic E-state index is 0.0216. The Morgan fingerprint density at radius 1 is 0.939 bits per heavy atom. The first kappa shape index (κ1) is 20.4. The Morgan fingerprint density at radius 2 is 1.67 bits per heavy atom. The van der Waals surface area contributed by atoms with Crippen molar-refractivity contribution in [3.8, 4) is 17.0 Å². The number of rotatable bonds is 5. The fourth-order valence-corrected chi connectivity index (χ4v) is 3.36. The number of furan rings is 1. The van der Waals surface area contributed by atoms with Gasteiger partial charge in [0.1, 0.15) is 16.8 Å². The maximum Gasteiger partial charge on any atom is 0.291 e. The summed E-state index contributed by atoms with van der Waals surface area (Å²) in [6.07, 6.45) is 0. The molecule has 0 spiro atoms. The third kappa shape index (κ3) is 4.17.